The Morgan fingerprint density at radius 3 is 2.80 bits per heavy atom. The van der Waals surface area contributed by atoms with Crippen molar-refractivity contribution in [3.05, 3.63) is 54.6 Å². The van der Waals surface area contributed by atoms with Gasteiger partial charge in [-0.2, -0.15) is 0 Å². The topological polar surface area (TPSA) is 47.4 Å². The summed E-state index contributed by atoms with van der Waals surface area (Å²) in [6, 6.07) is 10.2. The minimum absolute atomic E-state index is 0.0531. The number of rotatable bonds is 5. The van der Waals surface area contributed by atoms with Gasteiger partial charge in [-0.15, -0.1) is 0 Å². The van der Waals surface area contributed by atoms with E-state index in [9.17, 15) is 4.79 Å². The first-order valence-electron chi connectivity index (χ1n) is 6.70. The molecule has 1 aromatic carbocycles. The monoisotopic (exact) mass is 271 g/mol. The summed E-state index contributed by atoms with van der Waals surface area (Å²) < 4.78 is 7.49. The number of carbonyl (C=O) groups is 1. The van der Waals surface area contributed by atoms with Crippen molar-refractivity contribution in [2.24, 2.45) is 0 Å². The van der Waals surface area contributed by atoms with Gasteiger partial charge in [-0.3, -0.25) is 4.79 Å². The molecule has 1 saturated heterocycles. The van der Waals surface area contributed by atoms with Crippen LogP contribution in [0.1, 0.15) is 11.6 Å². The Labute approximate surface area is 117 Å². The summed E-state index contributed by atoms with van der Waals surface area (Å²) >= 11 is 0. The van der Waals surface area contributed by atoms with E-state index in [0.29, 0.717) is 12.6 Å². The molecule has 0 aliphatic carbocycles. The minimum atomic E-state index is 0.0531. The molecule has 1 amide bonds. The van der Waals surface area contributed by atoms with Crippen LogP contribution in [-0.4, -0.2) is 40.1 Å². The summed E-state index contributed by atoms with van der Waals surface area (Å²) in [7, 11) is 0. The lowest BCUT2D eigenvalue weighted by Gasteiger charge is -2.39. The zero-order chi connectivity index (χ0) is 13.8. The van der Waals surface area contributed by atoms with Gasteiger partial charge in [0.2, 0.25) is 5.91 Å². The van der Waals surface area contributed by atoms with E-state index in [0.717, 1.165) is 18.7 Å². The number of hydrogen-bond acceptors (Lipinski definition) is 3. The molecule has 2 heterocycles. The number of amides is 1. The third-order valence-electron chi connectivity index (χ3n) is 3.50. The highest BCUT2D eigenvalue weighted by atomic mass is 16.5. The number of hydrogen-bond donors (Lipinski definition) is 0. The number of ether oxygens (including phenoxy) is 1. The van der Waals surface area contributed by atoms with Crippen LogP contribution < -0.4 is 0 Å². The number of benzene rings is 1. The summed E-state index contributed by atoms with van der Waals surface area (Å²) in [4.78, 5) is 17.7. The van der Waals surface area contributed by atoms with E-state index in [1.54, 1.807) is 12.5 Å². The maximum atomic E-state index is 11.9. The highest BCUT2D eigenvalue weighted by Gasteiger charge is 2.31. The fourth-order valence-electron chi connectivity index (χ4n) is 2.25. The normalized spacial score (nSPS) is 15.1. The fourth-order valence-corrected chi connectivity index (χ4v) is 2.25. The predicted molar refractivity (Wildman–Crippen MR) is 73.9 cm³/mol. The van der Waals surface area contributed by atoms with Gasteiger partial charge in [0.15, 0.2) is 0 Å². The minimum Gasteiger partial charge on any atom is -0.367 e. The van der Waals surface area contributed by atoms with Crippen LogP contribution in [0.25, 0.3) is 0 Å². The van der Waals surface area contributed by atoms with Crippen LogP contribution in [-0.2, 0) is 16.1 Å². The lowest BCUT2D eigenvalue weighted by atomic mass is 10.1. The average molecular weight is 271 g/mol. The molecule has 0 spiro atoms. The Bertz CT molecular complexity index is 548. The molecule has 1 aliphatic rings. The number of aromatic nitrogens is 2. The molecule has 1 fully saturated rings. The lowest BCUT2D eigenvalue weighted by Crippen LogP contribution is -2.51. The molecule has 0 unspecified atom stereocenters. The van der Waals surface area contributed by atoms with E-state index < -0.39 is 0 Å². The Hall–Kier alpha value is -2.14. The van der Waals surface area contributed by atoms with Gasteiger partial charge < -0.3 is 14.2 Å². The molecule has 1 aromatic heterocycles. The zero-order valence-electron chi connectivity index (χ0n) is 11.2. The Kier molecular flexibility index (Phi) is 3.78. The zero-order valence-corrected chi connectivity index (χ0v) is 11.2. The van der Waals surface area contributed by atoms with E-state index in [-0.39, 0.29) is 12.5 Å². The van der Waals surface area contributed by atoms with E-state index in [1.165, 1.54) is 0 Å². The van der Waals surface area contributed by atoms with Gasteiger partial charge >= 0.3 is 0 Å². The van der Waals surface area contributed by atoms with Gasteiger partial charge in [0.25, 0.3) is 0 Å². The molecule has 0 saturated carbocycles. The van der Waals surface area contributed by atoms with Crippen LogP contribution in [0.4, 0.5) is 0 Å². The van der Waals surface area contributed by atoms with Crippen molar-refractivity contribution < 1.29 is 9.53 Å². The molecule has 2 aromatic rings. The molecule has 5 heteroatoms. The number of imidazole rings is 1. The summed E-state index contributed by atoms with van der Waals surface area (Å²) in [6.45, 7) is 2.10. The summed E-state index contributed by atoms with van der Waals surface area (Å²) in [5.41, 5.74) is 1.08. The van der Waals surface area contributed by atoms with Crippen LogP contribution in [0.15, 0.2) is 49.1 Å². The Balaban J connectivity index is 1.39. The number of likely N-dealkylation sites (tertiary alicyclic amines) is 1. The van der Waals surface area contributed by atoms with Gasteiger partial charge in [0.1, 0.15) is 6.61 Å². The third kappa shape index (κ3) is 2.88. The molecule has 0 atom stereocenters. The first kappa shape index (κ1) is 12.9. The standard InChI is InChI=1S/C15H17N3O2/c19-15(11-20-10-13-4-2-1-3-5-13)18-8-14(9-18)17-7-6-16-12-17/h1-7,12,14H,8-11H2. The molecular formula is C15H17N3O2. The molecule has 5 nitrogen and oxygen atoms in total. The van der Waals surface area contributed by atoms with E-state index in [2.05, 4.69) is 4.98 Å². The maximum absolute atomic E-state index is 11.9. The van der Waals surface area contributed by atoms with Crippen molar-refractivity contribution >= 4 is 5.91 Å². The number of carbonyl (C=O) groups excluding carboxylic acids is 1. The van der Waals surface area contributed by atoms with Gasteiger partial charge in [0, 0.05) is 25.5 Å². The molecule has 0 N–H and O–H groups in total. The maximum Gasteiger partial charge on any atom is 0.248 e. The van der Waals surface area contributed by atoms with Crippen LogP contribution >= 0.6 is 0 Å². The van der Waals surface area contributed by atoms with Gasteiger partial charge in [-0.05, 0) is 5.56 Å². The van der Waals surface area contributed by atoms with Gasteiger partial charge in [-0.1, -0.05) is 30.3 Å². The summed E-state index contributed by atoms with van der Waals surface area (Å²) in [5.74, 6) is 0.0531. The molecule has 104 valence electrons. The van der Waals surface area contributed by atoms with Crippen molar-refractivity contribution in [2.45, 2.75) is 12.6 Å². The van der Waals surface area contributed by atoms with Crippen molar-refractivity contribution in [1.29, 1.82) is 0 Å². The van der Waals surface area contributed by atoms with Gasteiger partial charge in [-0.25, -0.2) is 4.98 Å². The summed E-state index contributed by atoms with van der Waals surface area (Å²) in [6.07, 6.45) is 5.48. The van der Waals surface area contributed by atoms with Crippen LogP contribution in [0.2, 0.25) is 0 Å². The third-order valence-corrected chi connectivity index (χ3v) is 3.50. The van der Waals surface area contributed by atoms with Crippen LogP contribution in [0.5, 0.6) is 0 Å². The van der Waals surface area contributed by atoms with Crippen molar-refractivity contribution in [2.75, 3.05) is 19.7 Å². The molecule has 0 radical (unpaired) electrons. The Morgan fingerprint density at radius 2 is 2.10 bits per heavy atom. The van der Waals surface area contributed by atoms with Crippen molar-refractivity contribution in [3.8, 4) is 0 Å². The van der Waals surface area contributed by atoms with E-state index in [1.807, 2.05) is 46.0 Å². The molecular weight excluding hydrogens is 254 g/mol. The quantitative estimate of drug-likeness (QED) is 0.827. The summed E-state index contributed by atoms with van der Waals surface area (Å²) in [5, 5.41) is 0. The first-order chi connectivity index (χ1) is 9.83. The second-order valence-electron chi connectivity index (χ2n) is 4.94. The lowest BCUT2D eigenvalue weighted by molar-refractivity contribution is -0.142. The largest absolute Gasteiger partial charge is 0.367 e. The molecule has 0 bridgehead atoms. The average Bonchev–Trinajstić information content (AvgIpc) is 2.92. The van der Waals surface area contributed by atoms with Crippen molar-refractivity contribution in [1.82, 2.24) is 14.5 Å². The predicted octanol–water partition coefficient (Wildman–Crippen LogP) is 1.48. The molecule has 3 rings (SSSR count). The molecule has 20 heavy (non-hydrogen) atoms. The number of nitrogens with zero attached hydrogens (tertiary/aromatic N) is 3. The van der Waals surface area contributed by atoms with Gasteiger partial charge in [0.05, 0.1) is 19.0 Å². The SMILES string of the molecule is O=C(COCc1ccccc1)N1CC(n2ccnc2)C1. The first-order valence-corrected chi connectivity index (χ1v) is 6.70. The highest BCUT2D eigenvalue weighted by molar-refractivity contribution is 5.78. The van der Waals surface area contributed by atoms with E-state index in [4.69, 9.17) is 4.74 Å². The second kappa shape index (κ2) is 5.88. The Morgan fingerprint density at radius 1 is 1.30 bits per heavy atom. The van der Waals surface area contributed by atoms with Crippen molar-refractivity contribution in [3.63, 3.8) is 0 Å². The van der Waals surface area contributed by atoms with E-state index >= 15 is 0 Å². The second-order valence-corrected chi connectivity index (χ2v) is 4.94. The molecule has 1 aliphatic heterocycles. The fraction of sp³-hybridized carbons (Fsp3) is 0.333. The highest BCUT2D eigenvalue weighted by Crippen LogP contribution is 2.20. The van der Waals surface area contributed by atoms with Crippen LogP contribution in [0, 0.1) is 0 Å². The smallest absolute Gasteiger partial charge is 0.248 e. The van der Waals surface area contributed by atoms with Crippen LogP contribution in [0.3, 0.4) is 0 Å².